The van der Waals surface area contributed by atoms with Crippen LogP contribution in [0.5, 0.6) is 5.75 Å². The molecule has 5 heteroatoms. The second-order valence-corrected chi connectivity index (χ2v) is 3.92. The van der Waals surface area contributed by atoms with Crippen LogP contribution in [0.4, 0.5) is 4.39 Å². The molecule has 1 aromatic carbocycles. The normalized spacial score (nSPS) is 21.1. The molecule has 0 saturated carbocycles. The van der Waals surface area contributed by atoms with Crippen LogP contribution in [0.25, 0.3) is 0 Å². The maximum Gasteiger partial charge on any atom is 0.347 e. The molecule has 1 aliphatic heterocycles. The Morgan fingerprint density at radius 2 is 2.35 bits per heavy atom. The first-order valence-electron chi connectivity index (χ1n) is 5.38. The fraction of sp³-hybridized carbons (Fsp3) is 0.417. The molecule has 0 aromatic heterocycles. The van der Waals surface area contributed by atoms with Gasteiger partial charge in [0.1, 0.15) is 11.6 Å². The molecule has 1 saturated heterocycles. The van der Waals surface area contributed by atoms with Crippen LogP contribution in [-0.4, -0.2) is 23.8 Å². The zero-order chi connectivity index (χ0) is 12.4. The summed E-state index contributed by atoms with van der Waals surface area (Å²) in [5, 5.41) is 9.27. The Hall–Kier alpha value is -1.62. The van der Waals surface area contributed by atoms with Gasteiger partial charge < -0.3 is 14.6 Å². The summed E-state index contributed by atoms with van der Waals surface area (Å²) in [4.78, 5) is 11.2. The third-order valence-electron chi connectivity index (χ3n) is 2.59. The van der Waals surface area contributed by atoms with E-state index in [0.717, 1.165) is 6.07 Å². The first-order chi connectivity index (χ1) is 8.08. The summed E-state index contributed by atoms with van der Waals surface area (Å²) in [5.41, 5.74) is 0.200. The molecule has 17 heavy (non-hydrogen) atoms. The van der Waals surface area contributed by atoms with Gasteiger partial charge in [0.25, 0.3) is 0 Å². The van der Waals surface area contributed by atoms with Gasteiger partial charge in [-0.1, -0.05) is 0 Å². The lowest BCUT2D eigenvalue weighted by Crippen LogP contribution is -2.21. The van der Waals surface area contributed by atoms with Crippen molar-refractivity contribution in [1.29, 1.82) is 0 Å². The van der Waals surface area contributed by atoms with Crippen molar-refractivity contribution in [2.45, 2.75) is 25.6 Å². The molecule has 1 aromatic rings. The molecule has 2 atom stereocenters. The Balaban J connectivity index is 2.12. The summed E-state index contributed by atoms with van der Waals surface area (Å²) in [6.45, 7) is 1.81. The first kappa shape index (κ1) is 11.9. The first-order valence-corrected chi connectivity index (χ1v) is 5.38. The van der Waals surface area contributed by atoms with E-state index in [9.17, 15) is 14.3 Å². The van der Waals surface area contributed by atoms with E-state index >= 15 is 0 Å². The molecule has 0 aliphatic carbocycles. The Morgan fingerprint density at radius 1 is 1.59 bits per heavy atom. The fourth-order valence-corrected chi connectivity index (χ4v) is 1.67. The second kappa shape index (κ2) is 4.71. The zero-order valence-corrected chi connectivity index (χ0v) is 9.35. The van der Waals surface area contributed by atoms with Crippen LogP contribution in [0, 0.1) is 5.82 Å². The standard InChI is InChI=1S/C12H13FO4/c1-7(14)9-3-2-8(6-10(9)13)17-11-4-5-16-12(11)15/h2-3,6-7,11,14H,4-5H2,1H3/t7-,11?/m1/s1. The average Bonchev–Trinajstić information content (AvgIpc) is 2.64. The number of esters is 1. The number of aliphatic hydroxyl groups excluding tert-OH is 1. The van der Waals surface area contributed by atoms with Crippen LogP contribution in [0.3, 0.4) is 0 Å². The lowest BCUT2D eigenvalue weighted by Gasteiger charge is -2.12. The monoisotopic (exact) mass is 240 g/mol. The van der Waals surface area contributed by atoms with Gasteiger partial charge in [-0.3, -0.25) is 0 Å². The van der Waals surface area contributed by atoms with Gasteiger partial charge >= 0.3 is 5.97 Å². The van der Waals surface area contributed by atoms with E-state index in [-0.39, 0.29) is 11.3 Å². The van der Waals surface area contributed by atoms with Crippen molar-refractivity contribution >= 4 is 5.97 Å². The van der Waals surface area contributed by atoms with Crippen molar-refractivity contribution in [2.75, 3.05) is 6.61 Å². The summed E-state index contributed by atoms with van der Waals surface area (Å²) in [5.74, 6) is -0.718. The number of carbonyl (C=O) groups is 1. The summed E-state index contributed by atoms with van der Waals surface area (Å²) in [6.07, 6.45) is -1.06. The van der Waals surface area contributed by atoms with Crippen molar-refractivity contribution in [1.82, 2.24) is 0 Å². The molecule has 1 aliphatic rings. The van der Waals surface area contributed by atoms with Gasteiger partial charge in [0.05, 0.1) is 12.7 Å². The van der Waals surface area contributed by atoms with Crippen LogP contribution in [0.2, 0.25) is 0 Å². The van der Waals surface area contributed by atoms with E-state index in [2.05, 4.69) is 0 Å². The molecule has 1 unspecified atom stereocenters. The molecule has 2 rings (SSSR count). The molecule has 0 bridgehead atoms. The van der Waals surface area contributed by atoms with E-state index in [1.165, 1.54) is 19.1 Å². The topological polar surface area (TPSA) is 55.8 Å². The van der Waals surface area contributed by atoms with E-state index < -0.39 is 24.0 Å². The second-order valence-electron chi connectivity index (χ2n) is 3.92. The van der Waals surface area contributed by atoms with Crippen molar-refractivity contribution in [2.24, 2.45) is 0 Å². The average molecular weight is 240 g/mol. The molecular weight excluding hydrogens is 227 g/mol. The lowest BCUT2D eigenvalue weighted by molar-refractivity contribution is -0.143. The molecule has 1 heterocycles. The lowest BCUT2D eigenvalue weighted by atomic mass is 10.1. The number of hydrogen-bond donors (Lipinski definition) is 1. The molecule has 0 radical (unpaired) electrons. The Morgan fingerprint density at radius 3 is 2.88 bits per heavy atom. The molecule has 4 nitrogen and oxygen atoms in total. The summed E-state index contributed by atoms with van der Waals surface area (Å²) < 4.78 is 23.6. The number of aliphatic hydroxyl groups is 1. The molecule has 92 valence electrons. The van der Waals surface area contributed by atoms with Gasteiger partial charge in [0.15, 0.2) is 6.10 Å². The number of hydrogen-bond acceptors (Lipinski definition) is 4. The number of benzene rings is 1. The van der Waals surface area contributed by atoms with Crippen LogP contribution in [-0.2, 0) is 9.53 Å². The summed E-state index contributed by atoms with van der Waals surface area (Å²) >= 11 is 0. The molecule has 0 amide bonds. The zero-order valence-electron chi connectivity index (χ0n) is 9.35. The highest BCUT2D eigenvalue weighted by Gasteiger charge is 2.28. The quantitative estimate of drug-likeness (QED) is 0.815. The Bertz CT molecular complexity index is 431. The van der Waals surface area contributed by atoms with Gasteiger partial charge in [-0.05, 0) is 19.1 Å². The van der Waals surface area contributed by atoms with Crippen molar-refractivity contribution in [3.63, 3.8) is 0 Å². The summed E-state index contributed by atoms with van der Waals surface area (Å²) in [6, 6.07) is 4.13. The Kier molecular flexibility index (Phi) is 3.28. The smallest absolute Gasteiger partial charge is 0.347 e. The minimum absolute atomic E-state index is 0.200. The fourth-order valence-electron chi connectivity index (χ4n) is 1.67. The number of cyclic esters (lactones) is 1. The van der Waals surface area contributed by atoms with E-state index in [0.29, 0.717) is 13.0 Å². The number of carbonyl (C=O) groups excluding carboxylic acids is 1. The van der Waals surface area contributed by atoms with Crippen LogP contribution in [0.1, 0.15) is 25.0 Å². The molecule has 1 fully saturated rings. The highest BCUT2D eigenvalue weighted by atomic mass is 19.1. The van der Waals surface area contributed by atoms with Gasteiger partial charge in [0, 0.05) is 18.1 Å². The SMILES string of the molecule is C[C@@H](O)c1ccc(OC2CCOC2=O)cc1F. The predicted octanol–water partition coefficient (Wildman–Crippen LogP) is 1.57. The third kappa shape index (κ3) is 2.55. The van der Waals surface area contributed by atoms with Gasteiger partial charge in [0.2, 0.25) is 0 Å². The highest BCUT2D eigenvalue weighted by molar-refractivity contribution is 5.76. The van der Waals surface area contributed by atoms with Crippen LogP contribution in [0.15, 0.2) is 18.2 Å². The predicted molar refractivity (Wildman–Crippen MR) is 57.0 cm³/mol. The minimum Gasteiger partial charge on any atom is -0.478 e. The van der Waals surface area contributed by atoms with Crippen LogP contribution >= 0.6 is 0 Å². The van der Waals surface area contributed by atoms with Crippen LogP contribution < -0.4 is 4.74 Å². The van der Waals surface area contributed by atoms with Crippen molar-refractivity contribution in [3.8, 4) is 5.75 Å². The van der Waals surface area contributed by atoms with Crippen molar-refractivity contribution in [3.05, 3.63) is 29.6 Å². The maximum atomic E-state index is 13.5. The minimum atomic E-state index is -0.875. The van der Waals surface area contributed by atoms with Gasteiger partial charge in [-0.2, -0.15) is 0 Å². The molecule has 1 N–H and O–H groups in total. The number of ether oxygens (including phenoxy) is 2. The maximum absolute atomic E-state index is 13.5. The third-order valence-corrected chi connectivity index (χ3v) is 2.59. The highest BCUT2D eigenvalue weighted by Crippen LogP contribution is 2.23. The van der Waals surface area contributed by atoms with E-state index in [4.69, 9.17) is 9.47 Å². The van der Waals surface area contributed by atoms with E-state index in [1.807, 2.05) is 0 Å². The molecular formula is C12H13FO4. The number of halogens is 1. The largest absolute Gasteiger partial charge is 0.478 e. The molecule has 0 spiro atoms. The Labute approximate surface area is 98.0 Å². The number of rotatable bonds is 3. The van der Waals surface area contributed by atoms with Crippen molar-refractivity contribution < 1.29 is 23.8 Å². The van der Waals surface area contributed by atoms with Gasteiger partial charge in [-0.25, -0.2) is 9.18 Å². The van der Waals surface area contributed by atoms with E-state index in [1.54, 1.807) is 0 Å². The summed E-state index contributed by atoms with van der Waals surface area (Å²) in [7, 11) is 0. The van der Waals surface area contributed by atoms with Gasteiger partial charge in [-0.15, -0.1) is 0 Å².